The van der Waals surface area contributed by atoms with E-state index in [0.29, 0.717) is 6.04 Å². The number of aryl methyl sites for hydroxylation is 1. The molecule has 78 valence electrons. The third-order valence-corrected chi connectivity index (χ3v) is 2.31. The Morgan fingerprint density at radius 1 is 1.36 bits per heavy atom. The second kappa shape index (κ2) is 5.62. The average molecular weight is 194 g/mol. The zero-order valence-electron chi connectivity index (χ0n) is 8.79. The van der Waals surface area contributed by atoms with Crippen LogP contribution in [0.1, 0.15) is 18.9 Å². The van der Waals surface area contributed by atoms with E-state index >= 15 is 0 Å². The van der Waals surface area contributed by atoms with Gasteiger partial charge >= 0.3 is 0 Å². The topological polar surface area (TPSA) is 47.3 Å². The summed E-state index contributed by atoms with van der Waals surface area (Å²) in [6.45, 7) is 2.07. The first-order valence-electron chi connectivity index (χ1n) is 4.85. The van der Waals surface area contributed by atoms with Crippen molar-refractivity contribution in [2.45, 2.75) is 25.8 Å². The molecule has 0 bridgehead atoms. The van der Waals surface area contributed by atoms with Crippen LogP contribution < -0.4 is 16.0 Å². The number of hydrogen-bond acceptors (Lipinski definition) is 3. The van der Waals surface area contributed by atoms with Crippen LogP contribution >= 0.6 is 0 Å². The Balaban J connectivity index is 2.43. The van der Waals surface area contributed by atoms with Gasteiger partial charge in [0, 0.05) is 6.04 Å². The molecule has 0 aliphatic heterocycles. The lowest BCUT2D eigenvalue weighted by Crippen LogP contribution is -2.32. The quantitative estimate of drug-likeness (QED) is 0.551. The molecule has 0 aliphatic rings. The highest BCUT2D eigenvalue weighted by molar-refractivity contribution is 5.27. The minimum Gasteiger partial charge on any atom is -0.497 e. The number of benzene rings is 1. The summed E-state index contributed by atoms with van der Waals surface area (Å²) >= 11 is 0. The van der Waals surface area contributed by atoms with Gasteiger partial charge in [0.15, 0.2) is 0 Å². The summed E-state index contributed by atoms with van der Waals surface area (Å²) in [7, 11) is 1.68. The van der Waals surface area contributed by atoms with E-state index in [0.717, 1.165) is 18.6 Å². The number of rotatable bonds is 5. The van der Waals surface area contributed by atoms with E-state index in [2.05, 4.69) is 24.5 Å². The number of nitrogens with two attached hydrogens (primary N) is 1. The molecule has 1 aromatic rings. The lowest BCUT2D eigenvalue weighted by Gasteiger charge is -2.09. The first-order valence-corrected chi connectivity index (χ1v) is 4.85. The van der Waals surface area contributed by atoms with Gasteiger partial charge < -0.3 is 4.74 Å². The summed E-state index contributed by atoms with van der Waals surface area (Å²) in [5.74, 6) is 6.21. The lowest BCUT2D eigenvalue weighted by molar-refractivity contribution is 0.414. The van der Waals surface area contributed by atoms with E-state index in [1.807, 2.05) is 12.1 Å². The highest BCUT2D eigenvalue weighted by atomic mass is 16.5. The molecule has 3 heteroatoms. The van der Waals surface area contributed by atoms with Crippen molar-refractivity contribution in [3.8, 4) is 5.75 Å². The van der Waals surface area contributed by atoms with Gasteiger partial charge in [0.25, 0.3) is 0 Å². The molecule has 0 radical (unpaired) electrons. The molecule has 0 aromatic heterocycles. The van der Waals surface area contributed by atoms with Crippen molar-refractivity contribution in [3.63, 3.8) is 0 Å². The largest absolute Gasteiger partial charge is 0.497 e. The average Bonchev–Trinajstić information content (AvgIpc) is 2.26. The van der Waals surface area contributed by atoms with Crippen molar-refractivity contribution in [3.05, 3.63) is 29.8 Å². The summed E-state index contributed by atoms with van der Waals surface area (Å²) in [4.78, 5) is 0. The minimum absolute atomic E-state index is 0.358. The summed E-state index contributed by atoms with van der Waals surface area (Å²) < 4.78 is 5.08. The van der Waals surface area contributed by atoms with Gasteiger partial charge in [-0.2, -0.15) is 0 Å². The normalized spacial score (nSPS) is 12.5. The highest BCUT2D eigenvalue weighted by Gasteiger charge is 1.99. The lowest BCUT2D eigenvalue weighted by atomic mass is 10.1. The zero-order chi connectivity index (χ0) is 10.4. The van der Waals surface area contributed by atoms with Gasteiger partial charge in [0.2, 0.25) is 0 Å². The Morgan fingerprint density at radius 2 is 2.00 bits per heavy atom. The smallest absolute Gasteiger partial charge is 0.118 e. The van der Waals surface area contributed by atoms with Gasteiger partial charge in [0.05, 0.1) is 7.11 Å². The molecular weight excluding hydrogens is 176 g/mol. The molecule has 0 amide bonds. The van der Waals surface area contributed by atoms with E-state index in [9.17, 15) is 0 Å². The van der Waals surface area contributed by atoms with Crippen LogP contribution in [0.3, 0.4) is 0 Å². The van der Waals surface area contributed by atoms with Crippen molar-refractivity contribution in [1.82, 2.24) is 5.43 Å². The van der Waals surface area contributed by atoms with Crippen LogP contribution in [0.5, 0.6) is 5.75 Å². The Kier molecular flexibility index (Phi) is 4.43. The van der Waals surface area contributed by atoms with Crippen molar-refractivity contribution in [2.24, 2.45) is 5.84 Å². The van der Waals surface area contributed by atoms with Crippen molar-refractivity contribution in [2.75, 3.05) is 7.11 Å². The van der Waals surface area contributed by atoms with Crippen molar-refractivity contribution < 1.29 is 4.74 Å². The van der Waals surface area contributed by atoms with Gasteiger partial charge in [-0.05, 0) is 37.5 Å². The minimum atomic E-state index is 0.358. The number of hydrogen-bond donors (Lipinski definition) is 2. The van der Waals surface area contributed by atoms with Crippen LogP contribution in [0.2, 0.25) is 0 Å². The molecule has 1 unspecified atom stereocenters. The summed E-state index contributed by atoms with van der Waals surface area (Å²) in [6, 6.07) is 8.49. The molecule has 14 heavy (non-hydrogen) atoms. The van der Waals surface area contributed by atoms with E-state index in [-0.39, 0.29) is 0 Å². The Morgan fingerprint density at radius 3 is 2.50 bits per heavy atom. The van der Waals surface area contributed by atoms with Crippen LogP contribution in [0, 0.1) is 0 Å². The monoisotopic (exact) mass is 194 g/mol. The molecular formula is C11H18N2O. The third kappa shape index (κ3) is 3.36. The first-order chi connectivity index (χ1) is 6.76. The summed E-state index contributed by atoms with van der Waals surface area (Å²) in [5.41, 5.74) is 4.05. The fourth-order valence-corrected chi connectivity index (χ4v) is 1.26. The SMILES string of the molecule is COc1ccc(CCC(C)NN)cc1. The van der Waals surface area contributed by atoms with Gasteiger partial charge in [-0.25, -0.2) is 0 Å². The molecule has 0 saturated carbocycles. The van der Waals surface area contributed by atoms with Crippen LogP contribution in [0.25, 0.3) is 0 Å². The van der Waals surface area contributed by atoms with Gasteiger partial charge in [-0.1, -0.05) is 12.1 Å². The summed E-state index contributed by atoms with van der Waals surface area (Å²) in [6.07, 6.45) is 2.08. The molecule has 0 saturated heterocycles. The Labute approximate surface area is 85.2 Å². The molecule has 0 aliphatic carbocycles. The molecule has 1 atom stereocenters. The van der Waals surface area contributed by atoms with Crippen LogP contribution in [0.4, 0.5) is 0 Å². The van der Waals surface area contributed by atoms with Crippen LogP contribution in [-0.2, 0) is 6.42 Å². The maximum absolute atomic E-state index is 5.31. The Bertz CT molecular complexity index is 258. The fourth-order valence-electron chi connectivity index (χ4n) is 1.26. The molecule has 0 spiro atoms. The van der Waals surface area contributed by atoms with Gasteiger partial charge in [-0.3, -0.25) is 11.3 Å². The molecule has 1 rings (SSSR count). The fraction of sp³-hybridized carbons (Fsp3) is 0.455. The molecule has 1 aromatic carbocycles. The predicted molar refractivity (Wildman–Crippen MR) is 58.1 cm³/mol. The maximum atomic E-state index is 5.31. The standard InChI is InChI=1S/C11H18N2O/c1-9(13-12)3-4-10-5-7-11(14-2)8-6-10/h5-9,13H,3-4,12H2,1-2H3. The van der Waals surface area contributed by atoms with Gasteiger partial charge in [0.1, 0.15) is 5.75 Å². The van der Waals surface area contributed by atoms with E-state index < -0.39 is 0 Å². The van der Waals surface area contributed by atoms with Crippen molar-refractivity contribution >= 4 is 0 Å². The molecule has 3 nitrogen and oxygen atoms in total. The number of hydrazine groups is 1. The predicted octanol–water partition coefficient (Wildman–Crippen LogP) is 1.48. The number of ether oxygens (including phenoxy) is 1. The van der Waals surface area contributed by atoms with Gasteiger partial charge in [-0.15, -0.1) is 0 Å². The van der Waals surface area contributed by atoms with Crippen molar-refractivity contribution in [1.29, 1.82) is 0 Å². The van der Waals surface area contributed by atoms with E-state index in [4.69, 9.17) is 10.6 Å². The van der Waals surface area contributed by atoms with E-state index in [1.54, 1.807) is 7.11 Å². The Hall–Kier alpha value is -1.06. The molecule has 0 heterocycles. The number of nitrogens with one attached hydrogen (secondary N) is 1. The second-order valence-corrected chi connectivity index (χ2v) is 3.45. The molecule has 0 fully saturated rings. The maximum Gasteiger partial charge on any atom is 0.118 e. The molecule has 3 N–H and O–H groups in total. The second-order valence-electron chi connectivity index (χ2n) is 3.45. The van der Waals surface area contributed by atoms with E-state index in [1.165, 1.54) is 5.56 Å². The first kappa shape index (κ1) is 11.0. The third-order valence-electron chi connectivity index (χ3n) is 2.31. The number of methoxy groups -OCH3 is 1. The summed E-state index contributed by atoms with van der Waals surface area (Å²) in [5, 5.41) is 0. The van der Waals surface area contributed by atoms with Crippen LogP contribution in [0.15, 0.2) is 24.3 Å². The zero-order valence-corrected chi connectivity index (χ0v) is 8.79. The van der Waals surface area contributed by atoms with Crippen LogP contribution in [-0.4, -0.2) is 13.2 Å². The highest BCUT2D eigenvalue weighted by Crippen LogP contribution is 2.12.